The highest BCUT2D eigenvalue weighted by molar-refractivity contribution is 5.93. The van der Waals surface area contributed by atoms with Crippen molar-refractivity contribution in [3.63, 3.8) is 0 Å². The third-order valence-corrected chi connectivity index (χ3v) is 5.24. The molecule has 1 amide bonds. The van der Waals surface area contributed by atoms with Crippen molar-refractivity contribution in [1.29, 1.82) is 0 Å². The van der Waals surface area contributed by atoms with E-state index in [1.54, 1.807) is 18.2 Å². The molecule has 28 heavy (non-hydrogen) atoms. The fraction of sp³-hybridized carbons (Fsp3) is 0.455. The van der Waals surface area contributed by atoms with Crippen LogP contribution in [0.2, 0.25) is 0 Å². The van der Waals surface area contributed by atoms with E-state index in [-0.39, 0.29) is 5.91 Å². The largest absolute Gasteiger partial charge is 0.497 e. The Morgan fingerprint density at radius 1 is 1.07 bits per heavy atom. The first kappa shape index (κ1) is 20.0. The summed E-state index contributed by atoms with van der Waals surface area (Å²) in [5, 5.41) is 0. The van der Waals surface area contributed by atoms with Gasteiger partial charge in [0, 0.05) is 57.3 Å². The van der Waals surface area contributed by atoms with E-state index in [9.17, 15) is 4.79 Å². The van der Waals surface area contributed by atoms with Gasteiger partial charge in [0.05, 0.1) is 7.11 Å². The molecule has 0 saturated carbocycles. The molecule has 1 saturated heterocycles. The van der Waals surface area contributed by atoms with Crippen molar-refractivity contribution in [2.75, 3.05) is 56.7 Å². The van der Waals surface area contributed by atoms with E-state index in [4.69, 9.17) is 4.74 Å². The second kappa shape index (κ2) is 9.44. The van der Waals surface area contributed by atoms with Crippen molar-refractivity contribution in [1.82, 2.24) is 9.88 Å². The number of methoxy groups -OCH3 is 1. The van der Waals surface area contributed by atoms with Gasteiger partial charge in [-0.15, -0.1) is 0 Å². The molecule has 1 aromatic carbocycles. The van der Waals surface area contributed by atoms with Crippen LogP contribution in [0.15, 0.2) is 42.6 Å². The van der Waals surface area contributed by atoms with Gasteiger partial charge < -0.3 is 19.4 Å². The number of rotatable bonds is 7. The summed E-state index contributed by atoms with van der Waals surface area (Å²) in [4.78, 5) is 23.4. The predicted molar refractivity (Wildman–Crippen MR) is 114 cm³/mol. The molecule has 0 unspecified atom stereocenters. The summed E-state index contributed by atoms with van der Waals surface area (Å²) in [5.74, 6) is 0.868. The van der Waals surface area contributed by atoms with E-state index in [1.807, 2.05) is 31.3 Å². The van der Waals surface area contributed by atoms with Crippen LogP contribution in [-0.2, 0) is 0 Å². The second-order valence-corrected chi connectivity index (χ2v) is 7.15. The minimum Gasteiger partial charge on any atom is -0.497 e. The molecule has 6 heteroatoms. The summed E-state index contributed by atoms with van der Waals surface area (Å²) >= 11 is 0. The highest BCUT2D eigenvalue weighted by atomic mass is 16.5. The van der Waals surface area contributed by atoms with Crippen LogP contribution in [0, 0.1) is 0 Å². The number of ether oxygens (including phenoxy) is 1. The quantitative estimate of drug-likeness (QED) is 0.735. The number of aromatic nitrogens is 1. The number of piperazine rings is 1. The molecule has 150 valence electrons. The van der Waals surface area contributed by atoms with Crippen molar-refractivity contribution in [2.45, 2.75) is 19.8 Å². The zero-order chi connectivity index (χ0) is 19.9. The average Bonchev–Trinajstić information content (AvgIpc) is 2.77. The maximum absolute atomic E-state index is 12.6. The number of unbranched alkanes of at least 4 members (excludes halogenated alkanes) is 1. The van der Waals surface area contributed by atoms with Crippen LogP contribution in [0.1, 0.15) is 30.3 Å². The lowest BCUT2D eigenvalue weighted by Crippen LogP contribution is -2.46. The normalized spacial score (nSPS) is 14.1. The Hall–Kier alpha value is -2.76. The molecule has 0 atom stereocenters. The lowest BCUT2D eigenvalue weighted by atomic mass is 10.2. The summed E-state index contributed by atoms with van der Waals surface area (Å²) in [7, 11) is 3.53. The van der Waals surface area contributed by atoms with Crippen molar-refractivity contribution >= 4 is 17.3 Å². The van der Waals surface area contributed by atoms with Crippen LogP contribution in [0.5, 0.6) is 5.75 Å². The lowest BCUT2D eigenvalue weighted by molar-refractivity contribution is 0.0787. The third-order valence-electron chi connectivity index (χ3n) is 5.24. The lowest BCUT2D eigenvalue weighted by Gasteiger charge is -2.37. The van der Waals surface area contributed by atoms with Gasteiger partial charge in [0.15, 0.2) is 0 Å². The van der Waals surface area contributed by atoms with Gasteiger partial charge in [-0.25, -0.2) is 0 Å². The predicted octanol–water partition coefficient (Wildman–Crippen LogP) is 3.29. The smallest absolute Gasteiger partial charge is 0.272 e. The van der Waals surface area contributed by atoms with Crippen LogP contribution in [0.4, 0.5) is 11.4 Å². The van der Waals surface area contributed by atoms with Gasteiger partial charge in [0.25, 0.3) is 5.91 Å². The number of hydrogen-bond acceptors (Lipinski definition) is 5. The Kier molecular flexibility index (Phi) is 6.74. The van der Waals surface area contributed by atoms with Gasteiger partial charge in [-0.3, -0.25) is 9.78 Å². The van der Waals surface area contributed by atoms with Crippen LogP contribution < -0.4 is 14.5 Å². The van der Waals surface area contributed by atoms with Gasteiger partial charge in [0.2, 0.25) is 0 Å². The van der Waals surface area contributed by atoms with Crippen molar-refractivity contribution in [3.8, 4) is 5.75 Å². The zero-order valence-corrected chi connectivity index (χ0v) is 17.1. The maximum atomic E-state index is 12.6. The summed E-state index contributed by atoms with van der Waals surface area (Å²) in [6, 6.07) is 12.1. The molecule has 0 spiro atoms. The molecule has 0 aliphatic carbocycles. The molecule has 6 nitrogen and oxygen atoms in total. The molecular weight excluding hydrogens is 352 g/mol. The first-order chi connectivity index (χ1) is 13.6. The van der Waals surface area contributed by atoms with E-state index in [0.717, 1.165) is 57.0 Å². The van der Waals surface area contributed by atoms with E-state index < -0.39 is 0 Å². The minimum atomic E-state index is -0.00725. The number of carbonyl (C=O) groups excluding carboxylic acids is 1. The molecule has 2 heterocycles. The summed E-state index contributed by atoms with van der Waals surface area (Å²) in [5.41, 5.74) is 2.80. The van der Waals surface area contributed by atoms with E-state index in [2.05, 4.69) is 33.8 Å². The molecule has 1 aromatic heterocycles. The number of carbonyl (C=O) groups is 1. The van der Waals surface area contributed by atoms with Gasteiger partial charge in [-0.05, 0) is 42.8 Å². The monoisotopic (exact) mass is 382 g/mol. The SMILES string of the molecule is CCCCN(C)C(=O)c1cc(N2CCN(c3ccc(OC)cc3)CC2)ccn1. The third kappa shape index (κ3) is 4.74. The van der Waals surface area contributed by atoms with Gasteiger partial charge >= 0.3 is 0 Å². The Morgan fingerprint density at radius 3 is 2.32 bits per heavy atom. The number of nitrogens with zero attached hydrogens (tertiary/aromatic N) is 4. The standard InChI is InChI=1S/C22H30N4O2/c1-4-5-12-24(2)22(27)21-17-19(10-11-23-21)26-15-13-25(14-16-26)18-6-8-20(28-3)9-7-18/h6-11,17H,4-5,12-16H2,1-3H3. The van der Waals surface area contributed by atoms with Crippen molar-refractivity contribution in [3.05, 3.63) is 48.3 Å². The molecule has 1 fully saturated rings. The number of amides is 1. The van der Waals surface area contributed by atoms with Gasteiger partial charge in [-0.1, -0.05) is 13.3 Å². The molecule has 2 aromatic rings. The van der Waals surface area contributed by atoms with Crippen LogP contribution in [0.25, 0.3) is 0 Å². The average molecular weight is 383 g/mol. The Bertz CT molecular complexity index is 770. The highest BCUT2D eigenvalue weighted by Crippen LogP contribution is 2.23. The van der Waals surface area contributed by atoms with E-state index in [0.29, 0.717) is 5.69 Å². The van der Waals surface area contributed by atoms with E-state index in [1.165, 1.54) is 5.69 Å². The van der Waals surface area contributed by atoms with Crippen LogP contribution in [-0.4, -0.2) is 62.7 Å². The van der Waals surface area contributed by atoms with Crippen molar-refractivity contribution < 1.29 is 9.53 Å². The first-order valence-electron chi connectivity index (χ1n) is 9.98. The van der Waals surface area contributed by atoms with Crippen LogP contribution in [0.3, 0.4) is 0 Å². The Balaban J connectivity index is 1.61. The summed E-state index contributed by atoms with van der Waals surface area (Å²) < 4.78 is 5.24. The number of pyridine rings is 1. The molecule has 1 aliphatic rings. The Morgan fingerprint density at radius 2 is 1.71 bits per heavy atom. The molecule has 1 aliphatic heterocycles. The minimum absolute atomic E-state index is 0.00725. The number of hydrogen-bond donors (Lipinski definition) is 0. The Labute approximate surface area is 167 Å². The fourth-order valence-corrected chi connectivity index (χ4v) is 3.44. The van der Waals surface area contributed by atoms with Gasteiger partial charge in [-0.2, -0.15) is 0 Å². The first-order valence-corrected chi connectivity index (χ1v) is 9.98. The molecule has 0 radical (unpaired) electrons. The topological polar surface area (TPSA) is 48.9 Å². The molecular formula is C22H30N4O2. The van der Waals surface area contributed by atoms with Crippen molar-refractivity contribution in [2.24, 2.45) is 0 Å². The highest BCUT2D eigenvalue weighted by Gasteiger charge is 2.20. The summed E-state index contributed by atoms with van der Waals surface area (Å²) in [6.07, 6.45) is 3.82. The number of benzene rings is 1. The zero-order valence-electron chi connectivity index (χ0n) is 17.1. The number of anilines is 2. The fourth-order valence-electron chi connectivity index (χ4n) is 3.44. The maximum Gasteiger partial charge on any atom is 0.272 e. The van der Waals surface area contributed by atoms with Gasteiger partial charge in [0.1, 0.15) is 11.4 Å². The summed E-state index contributed by atoms with van der Waals surface area (Å²) in [6.45, 7) is 6.60. The van der Waals surface area contributed by atoms with E-state index >= 15 is 0 Å². The molecule has 3 rings (SSSR count). The second-order valence-electron chi connectivity index (χ2n) is 7.15. The molecule has 0 N–H and O–H groups in total. The van der Waals surface area contributed by atoms with Crippen LogP contribution >= 0.6 is 0 Å². The molecule has 0 bridgehead atoms.